The number of fused-ring (bicyclic) bond motifs is 1. The number of thiazole rings is 1. The van der Waals surface area contributed by atoms with Crippen LogP contribution in [-0.4, -0.2) is 39.9 Å². The number of likely N-dealkylation sites (tertiary alicyclic amines) is 1. The van der Waals surface area contributed by atoms with Gasteiger partial charge >= 0.3 is 0 Å². The van der Waals surface area contributed by atoms with Gasteiger partial charge in [0.2, 0.25) is 11.8 Å². The van der Waals surface area contributed by atoms with Crippen LogP contribution in [0.2, 0.25) is 0 Å². The van der Waals surface area contributed by atoms with E-state index in [4.69, 9.17) is 4.52 Å². The lowest BCUT2D eigenvalue weighted by Gasteiger charge is -2.31. The minimum Gasteiger partial charge on any atom is -0.356 e. The van der Waals surface area contributed by atoms with Crippen molar-refractivity contribution in [3.63, 3.8) is 0 Å². The lowest BCUT2D eigenvalue weighted by atomic mass is 9.91. The fraction of sp³-hybridized carbons (Fsp3) is 0.400. The molecule has 0 aliphatic carbocycles. The van der Waals surface area contributed by atoms with E-state index in [1.54, 1.807) is 17.6 Å². The third-order valence-electron chi connectivity index (χ3n) is 5.17. The molecule has 1 aliphatic heterocycles. The summed E-state index contributed by atoms with van der Waals surface area (Å²) in [6, 6.07) is 4.45. The smallest absolute Gasteiger partial charge is 0.226 e. The predicted octanol–water partition coefficient (Wildman–Crippen LogP) is 3.94. The molecule has 1 aromatic carbocycles. The number of benzene rings is 1. The van der Waals surface area contributed by atoms with Crippen LogP contribution in [0, 0.1) is 5.82 Å². The number of halogens is 1. The molecule has 1 N–H and O–H groups in total. The Morgan fingerprint density at radius 3 is 2.86 bits per heavy atom. The number of aromatic nitrogens is 2. The molecule has 7 nitrogen and oxygen atoms in total. The van der Waals surface area contributed by atoms with E-state index in [-0.39, 0.29) is 23.5 Å². The molecule has 0 atom stereocenters. The molecule has 152 valence electrons. The van der Waals surface area contributed by atoms with Gasteiger partial charge in [0.1, 0.15) is 5.82 Å². The number of hydrogen-bond acceptors (Lipinski definition) is 6. The molecule has 9 heteroatoms. The molecule has 0 spiro atoms. The third kappa shape index (κ3) is 4.61. The van der Waals surface area contributed by atoms with Crippen molar-refractivity contribution in [2.45, 2.75) is 38.0 Å². The molecule has 2 amide bonds. The molecule has 2 aromatic heterocycles. The van der Waals surface area contributed by atoms with Gasteiger partial charge in [-0.2, -0.15) is 0 Å². The SMILES string of the molecule is O=C(CCCC(=O)N1CCC(c2noc3cc(F)ccc23)CC1)Nc1nccs1. The molecule has 3 heterocycles. The largest absolute Gasteiger partial charge is 0.356 e. The van der Waals surface area contributed by atoms with E-state index in [1.807, 2.05) is 4.90 Å². The van der Waals surface area contributed by atoms with Crippen molar-refractivity contribution in [1.82, 2.24) is 15.0 Å². The van der Waals surface area contributed by atoms with E-state index in [2.05, 4.69) is 15.5 Å². The van der Waals surface area contributed by atoms with Crippen LogP contribution >= 0.6 is 11.3 Å². The second-order valence-corrected chi connectivity index (χ2v) is 8.00. The van der Waals surface area contributed by atoms with E-state index in [0.717, 1.165) is 23.9 Å². The van der Waals surface area contributed by atoms with Crippen LogP contribution in [0.3, 0.4) is 0 Å². The second kappa shape index (κ2) is 8.69. The van der Waals surface area contributed by atoms with Crippen LogP contribution in [0.1, 0.15) is 43.7 Å². The van der Waals surface area contributed by atoms with E-state index in [9.17, 15) is 14.0 Å². The molecule has 1 fully saturated rings. The first-order valence-electron chi connectivity index (χ1n) is 9.62. The minimum atomic E-state index is -0.346. The molecule has 1 saturated heterocycles. The first kappa shape index (κ1) is 19.5. The zero-order valence-electron chi connectivity index (χ0n) is 15.8. The zero-order valence-corrected chi connectivity index (χ0v) is 16.6. The minimum absolute atomic E-state index is 0.0672. The van der Waals surface area contributed by atoms with Crippen molar-refractivity contribution < 1.29 is 18.5 Å². The van der Waals surface area contributed by atoms with E-state index < -0.39 is 0 Å². The summed E-state index contributed by atoms with van der Waals surface area (Å²) < 4.78 is 18.6. The summed E-state index contributed by atoms with van der Waals surface area (Å²) in [5.74, 6) is -0.214. The summed E-state index contributed by atoms with van der Waals surface area (Å²) >= 11 is 1.37. The van der Waals surface area contributed by atoms with Gasteiger partial charge < -0.3 is 14.7 Å². The maximum Gasteiger partial charge on any atom is 0.226 e. The van der Waals surface area contributed by atoms with Gasteiger partial charge in [-0.05, 0) is 31.4 Å². The van der Waals surface area contributed by atoms with Crippen LogP contribution in [0.4, 0.5) is 9.52 Å². The number of nitrogens with one attached hydrogen (secondary N) is 1. The highest BCUT2D eigenvalue weighted by atomic mass is 32.1. The Kier molecular flexibility index (Phi) is 5.84. The zero-order chi connectivity index (χ0) is 20.2. The first-order valence-corrected chi connectivity index (χ1v) is 10.5. The van der Waals surface area contributed by atoms with E-state index in [1.165, 1.54) is 23.5 Å². The molecule has 1 aliphatic rings. The number of anilines is 1. The van der Waals surface area contributed by atoms with Crippen molar-refractivity contribution in [2.75, 3.05) is 18.4 Å². The predicted molar refractivity (Wildman–Crippen MR) is 107 cm³/mol. The molecule has 4 rings (SSSR count). The van der Waals surface area contributed by atoms with Gasteiger partial charge in [0, 0.05) is 54.9 Å². The monoisotopic (exact) mass is 416 g/mol. The average molecular weight is 416 g/mol. The number of piperidine rings is 1. The van der Waals surface area contributed by atoms with Crippen molar-refractivity contribution in [3.05, 3.63) is 41.3 Å². The van der Waals surface area contributed by atoms with Gasteiger partial charge in [-0.15, -0.1) is 11.3 Å². The average Bonchev–Trinajstić information content (AvgIpc) is 3.37. The maximum absolute atomic E-state index is 13.3. The molecule has 0 radical (unpaired) electrons. The summed E-state index contributed by atoms with van der Waals surface area (Å²) in [6.07, 6.45) is 4.36. The fourth-order valence-corrected chi connectivity index (χ4v) is 4.20. The van der Waals surface area contributed by atoms with Gasteiger partial charge in [0.25, 0.3) is 0 Å². The maximum atomic E-state index is 13.3. The summed E-state index contributed by atoms with van der Waals surface area (Å²) in [6.45, 7) is 1.29. The highest BCUT2D eigenvalue weighted by Gasteiger charge is 2.27. The molecule has 0 bridgehead atoms. The summed E-state index contributed by atoms with van der Waals surface area (Å²) in [5.41, 5.74) is 1.29. The molecular formula is C20H21FN4O3S. The quantitative estimate of drug-likeness (QED) is 0.658. The number of carbonyl (C=O) groups is 2. The summed E-state index contributed by atoms with van der Waals surface area (Å²) in [4.78, 5) is 30.2. The van der Waals surface area contributed by atoms with Gasteiger partial charge in [-0.25, -0.2) is 9.37 Å². The van der Waals surface area contributed by atoms with E-state index in [0.29, 0.717) is 43.1 Å². The molecule has 29 heavy (non-hydrogen) atoms. The summed E-state index contributed by atoms with van der Waals surface area (Å²) in [5, 5.41) is 10.1. The van der Waals surface area contributed by atoms with Crippen LogP contribution in [0.5, 0.6) is 0 Å². The van der Waals surface area contributed by atoms with Crippen molar-refractivity contribution >= 4 is 39.3 Å². The number of amides is 2. The van der Waals surface area contributed by atoms with Crippen molar-refractivity contribution in [1.29, 1.82) is 0 Å². The van der Waals surface area contributed by atoms with Gasteiger partial charge in [0.05, 0.1) is 5.69 Å². The Labute approximate surface area is 170 Å². The summed E-state index contributed by atoms with van der Waals surface area (Å²) in [7, 11) is 0. The normalized spacial score (nSPS) is 15.0. The number of nitrogens with zero attached hydrogens (tertiary/aromatic N) is 3. The number of rotatable bonds is 6. The standard InChI is InChI=1S/C20H21FN4O3S/c21-14-4-5-15-16(12-14)28-24-19(15)13-6-9-25(10-7-13)18(27)3-1-2-17(26)23-20-22-8-11-29-20/h4-5,8,11-13H,1-3,6-7,9-10H2,(H,22,23,26). The van der Waals surface area contributed by atoms with Crippen LogP contribution in [0.15, 0.2) is 34.3 Å². The lowest BCUT2D eigenvalue weighted by molar-refractivity contribution is -0.132. The third-order valence-corrected chi connectivity index (χ3v) is 5.86. The first-order chi connectivity index (χ1) is 14.1. The topological polar surface area (TPSA) is 88.3 Å². The van der Waals surface area contributed by atoms with Crippen LogP contribution < -0.4 is 5.32 Å². The van der Waals surface area contributed by atoms with E-state index >= 15 is 0 Å². The number of carbonyl (C=O) groups excluding carboxylic acids is 2. The van der Waals surface area contributed by atoms with Crippen molar-refractivity contribution in [2.24, 2.45) is 0 Å². The number of hydrogen-bond donors (Lipinski definition) is 1. The van der Waals surface area contributed by atoms with Gasteiger partial charge in [0.15, 0.2) is 10.7 Å². The Morgan fingerprint density at radius 1 is 1.28 bits per heavy atom. The van der Waals surface area contributed by atoms with Gasteiger partial charge in [-0.1, -0.05) is 5.16 Å². The highest BCUT2D eigenvalue weighted by molar-refractivity contribution is 7.13. The highest BCUT2D eigenvalue weighted by Crippen LogP contribution is 2.33. The lowest BCUT2D eigenvalue weighted by Crippen LogP contribution is -2.38. The molecule has 0 unspecified atom stereocenters. The Bertz CT molecular complexity index is 997. The van der Waals surface area contributed by atoms with Crippen LogP contribution in [-0.2, 0) is 9.59 Å². The molecule has 0 saturated carbocycles. The van der Waals surface area contributed by atoms with Crippen LogP contribution in [0.25, 0.3) is 11.0 Å². The molecular weight excluding hydrogens is 395 g/mol. The Hall–Kier alpha value is -2.81. The Balaban J connectivity index is 1.23. The van der Waals surface area contributed by atoms with Crippen molar-refractivity contribution in [3.8, 4) is 0 Å². The fourth-order valence-electron chi connectivity index (χ4n) is 3.65. The Morgan fingerprint density at radius 2 is 2.10 bits per heavy atom. The second-order valence-electron chi connectivity index (χ2n) is 7.10. The van der Waals surface area contributed by atoms with Gasteiger partial charge in [-0.3, -0.25) is 9.59 Å². The molecule has 3 aromatic rings.